The molecule has 2 rings (SSSR count). The molecule has 0 aliphatic carbocycles. The smallest absolute Gasteiger partial charge is 0.323 e. The molecule has 0 bridgehead atoms. The van der Waals surface area contributed by atoms with E-state index in [9.17, 15) is 4.79 Å². The van der Waals surface area contributed by atoms with Gasteiger partial charge in [0.2, 0.25) is 0 Å². The summed E-state index contributed by atoms with van der Waals surface area (Å²) in [5.74, 6) is -0.108. The van der Waals surface area contributed by atoms with Gasteiger partial charge in [0.25, 0.3) is 0 Å². The number of carbonyl (C=O) groups is 1. The summed E-state index contributed by atoms with van der Waals surface area (Å²) in [5.41, 5.74) is 0. The maximum absolute atomic E-state index is 11.7. The highest BCUT2D eigenvalue weighted by Gasteiger charge is 2.26. The van der Waals surface area contributed by atoms with Crippen molar-refractivity contribution in [3.63, 3.8) is 0 Å². The van der Waals surface area contributed by atoms with Crippen LogP contribution in [0, 0.1) is 0 Å². The Bertz CT molecular complexity index is 444. The van der Waals surface area contributed by atoms with Gasteiger partial charge in [-0.15, -0.1) is 11.3 Å². The minimum atomic E-state index is -0.131. The van der Waals surface area contributed by atoms with Crippen molar-refractivity contribution in [1.82, 2.24) is 9.80 Å². The summed E-state index contributed by atoms with van der Waals surface area (Å²) in [5, 5.41) is 0. The van der Waals surface area contributed by atoms with E-state index in [4.69, 9.17) is 4.74 Å². The van der Waals surface area contributed by atoms with Crippen molar-refractivity contribution in [2.24, 2.45) is 0 Å². The lowest BCUT2D eigenvalue weighted by molar-refractivity contribution is -0.149. The summed E-state index contributed by atoms with van der Waals surface area (Å²) < 4.78 is 6.27. The highest BCUT2D eigenvalue weighted by molar-refractivity contribution is 9.11. The van der Waals surface area contributed by atoms with Gasteiger partial charge in [-0.3, -0.25) is 14.6 Å². The molecular formula is C14H21BrN2O2S. The van der Waals surface area contributed by atoms with E-state index in [1.54, 1.807) is 11.3 Å². The lowest BCUT2D eigenvalue weighted by Gasteiger charge is -2.36. The SMILES string of the molecule is CCOC(=O)C(C)N1CCN(Cc2ccc(Br)s2)CC1. The molecule has 4 nitrogen and oxygen atoms in total. The number of rotatable bonds is 5. The van der Waals surface area contributed by atoms with Crippen LogP contribution in [0.5, 0.6) is 0 Å². The largest absolute Gasteiger partial charge is 0.465 e. The number of esters is 1. The van der Waals surface area contributed by atoms with Gasteiger partial charge in [-0.1, -0.05) is 0 Å². The van der Waals surface area contributed by atoms with Crippen molar-refractivity contribution in [2.75, 3.05) is 32.8 Å². The zero-order chi connectivity index (χ0) is 14.5. The lowest BCUT2D eigenvalue weighted by atomic mass is 10.2. The molecule has 20 heavy (non-hydrogen) atoms. The Morgan fingerprint density at radius 2 is 2.10 bits per heavy atom. The molecule has 0 saturated carbocycles. The predicted octanol–water partition coefficient (Wildman–Crippen LogP) is 2.58. The van der Waals surface area contributed by atoms with E-state index in [1.807, 2.05) is 13.8 Å². The molecule has 0 N–H and O–H groups in total. The molecule has 112 valence electrons. The molecule has 0 aromatic carbocycles. The van der Waals surface area contributed by atoms with Crippen LogP contribution >= 0.6 is 27.3 Å². The first-order chi connectivity index (χ1) is 9.60. The lowest BCUT2D eigenvalue weighted by Crippen LogP contribution is -2.51. The number of nitrogens with zero attached hydrogens (tertiary/aromatic N) is 2. The summed E-state index contributed by atoms with van der Waals surface area (Å²) in [6.07, 6.45) is 0. The second-order valence-corrected chi connectivity index (χ2v) is 7.49. The summed E-state index contributed by atoms with van der Waals surface area (Å²) >= 11 is 5.28. The Morgan fingerprint density at radius 1 is 1.40 bits per heavy atom. The molecule has 1 aromatic rings. The molecule has 1 atom stereocenters. The number of hydrogen-bond acceptors (Lipinski definition) is 5. The Kier molecular flexibility index (Phi) is 6.01. The Labute approximate surface area is 132 Å². The Balaban J connectivity index is 1.78. The number of piperazine rings is 1. The molecule has 0 spiro atoms. The first kappa shape index (κ1) is 15.9. The number of ether oxygens (including phenoxy) is 1. The Morgan fingerprint density at radius 3 is 2.65 bits per heavy atom. The standard InChI is InChI=1S/C14H21BrN2O2S/c1-3-19-14(18)11(2)17-8-6-16(7-9-17)10-12-4-5-13(15)20-12/h4-5,11H,3,6-10H2,1-2H3. The highest BCUT2D eigenvalue weighted by atomic mass is 79.9. The fourth-order valence-corrected chi connectivity index (χ4v) is 3.90. The first-order valence-corrected chi connectivity index (χ1v) is 8.58. The van der Waals surface area contributed by atoms with Crippen molar-refractivity contribution in [3.05, 3.63) is 20.8 Å². The van der Waals surface area contributed by atoms with Crippen LogP contribution in [0.4, 0.5) is 0 Å². The van der Waals surface area contributed by atoms with Crippen LogP contribution in [0.3, 0.4) is 0 Å². The summed E-state index contributed by atoms with van der Waals surface area (Å²) in [7, 11) is 0. The van der Waals surface area contributed by atoms with E-state index in [1.165, 1.54) is 8.66 Å². The molecule has 1 aromatic heterocycles. The van der Waals surface area contributed by atoms with Crippen molar-refractivity contribution < 1.29 is 9.53 Å². The van der Waals surface area contributed by atoms with Crippen LogP contribution in [-0.4, -0.2) is 54.6 Å². The molecule has 1 saturated heterocycles. The molecule has 6 heteroatoms. The zero-order valence-corrected chi connectivity index (χ0v) is 14.4. The topological polar surface area (TPSA) is 32.8 Å². The van der Waals surface area contributed by atoms with Gasteiger partial charge in [0.15, 0.2) is 0 Å². The minimum absolute atomic E-state index is 0.108. The summed E-state index contributed by atoms with van der Waals surface area (Å²) in [6.45, 7) is 9.08. The number of halogens is 1. The van der Waals surface area contributed by atoms with Gasteiger partial charge < -0.3 is 4.74 Å². The summed E-state index contributed by atoms with van der Waals surface area (Å²) in [4.78, 5) is 17.8. The molecule has 2 heterocycles. The van der Waals surface area contributed by atoms with Crippen molar-refractivity contribution in [3.8, 4) is 0 Å². The van der Waals surface area contributed by atoms with Crippen molar-refractivity contribution in [1.29, 1.82) is 0 Å². The first-order valence-electron chi connectivity index (χ1n) is 6.97. The maximum Gasteiger partial charge on any atom is 0.323 e. The minimum Gasteiger partial charge on any atom is -0.465 e. The highest BCUT2D eigenvalue weighted by Crippen LogP contribution is 2.23. The zero-order valence-electron chi connectivity index (χ0n) is 12.0. The van der Waals surface area contributed by atoms with E-state index < -0.39 is 0 Å². The summed E-state index contributed by atoms with van der Waals surface area (Å²) in [6, 6.07) is 4.13. The molecule has 1 unspecified atom stereocenters. The average Bonchev–Trinajstić information content (AvgIpc) is 2.84. The fourth-order valence-electron chi connectivity index (χ4n) is 2.38. The van der Waals surface area contributed by atoms with E-state index in [0.29, 0.717) is 6.61 Å². The van der Waals surface area contributed by atoms with Crippen LogP contribution in [0.2, 0.25) is 0 Å². The van der Waals surface area contributed by atoms with Gasteiger partial charge >= 0.3 is 5.97 Å². The van der Waals surface area contributed by atoms with Gasteiger partial charge in [0.1, 0.15) is 6.04 Å². The third-order valence-corrected chi connectivity index (χ3v) is 5.20. The van der Waals surface area contributed by atoms with Crippen molar-refractivity contribution in [2.45, 2.75) is 26.4 Å². The maximum atomic E-state index is 11.7. The number of carbonyl (C=O) groups excluding carboxylic acids is 1. The van der Waals surface area contributed by atoms with Crippen LogP contribution in [0.1, 0.15) is 18.7 Å². The van der Waals surface area contributed by atoms with E-state index in [0.717, 1.165) is 32.7 Å². The van der Waals surface area contributed by atoms with Gasteiger partial charge in [-0.05, 0) is 41.9 Å². The second-order valence-electron chi connectivity index (χ2n) is 4.95. The van der Waals surface area contributed by atoms with Crippen LogP contribution in [0.25, 0.3) is 0 Å². The van der Waals surface area contributed by atoms with Gasteiger partial charge in [-0.25, -0.2) is 0 Å². The second kappa shape index (κ2) is 7.54. The van der Waals surface area contributed by atoms with Crippen molar-refractivity contribution >= 4 is 33.2 Å². The third-order valence-electron chi connectivity index (χ3n) is 3.59. The average molecular weight is 361 g/mol. The molecule has 0 radical (unpaired) electrons. The van der Waals surface area contributed by atoms with E-state index in [2.05, 4.69) is 37.9 Å². The normalized spacial score (nSPS) is 18.9. The molecule has 0 amide bonds. The third kappa shape index (κ3) is 4.28. The van der Waals surface area contributed by atoms with E-state index >= 15 is 0 Å². The fraction of sp³-hybridized carbons (Fsp3) is 0.643. The number of hydrogen-bond donors (Lipinski definition) is 0. The van der Waals surface area contributed by atoms with Crippen LogP contribution in [-0.2, 0) is 16.1 Å². The van der Waals surface area contributed by atoms with Gasteiger partial charge in [0, 0.05) is 37.6 Å². The Hall–Kier alpha value is -0.430. The molecular weight excluding hydrogens is 340 g/mol. The van der Waals surface area contributed by atoms with Gasteiger partial charge in [-0.2, -0.15) is 0 Å². The molecule has 1 fully saturated rings. The van der Waals surface area contributed by atoms with Crippen LogP contribution in [0.15, 0.2) is 15.9 Å². The molecule has 1 aliphatic rings. The predicted molar refractivity (Wildman–Crippen MR) is 85.0 cm³/mol. The van der Waals surface area contributed by atoms with E-state index in [-0.39, 0.29) is 12.0 Å². The van der Waals surface area contributed by atoms with Crippen LogP contribution < -0.4 is 0 Å². The molecule has 1 aliphatic heterocycles. The quantitative estimate of drug-likeness (QED) is 0.755. The van der Waals surface area contributed by atoms with Gasteiger partial charge in [0.05, 0.1) is 10.4 Å². The monoisotopic (exact) mass is 360 g/mol. The number of thiophene rings is 1.